The van der Waals surface area contributed by atoms with Gasteiger partial charge < -0.3 is 4.42 Å². The Bertz CT molecular complexity index is 647. The molecule has 0 bridgehead atoms. The maximum atomic E-state index is 5.84. The number of furan rings is 1. The predicted molar refractivity (Wildman–Crippen MR) is 67.8 cm³/mol. The summed E-state index contributed by atoms with van der Waals surface area (Å²) in [7, 11) is 0. The Hall–Kier alpha value is -1.76. The van der Waals surface area contributed by atoms with Gasteiger partial charge in [0.1, 0.15) is 11.3 Å². The first-order chi connectivity index (χ1) is 7.75. The van der Waals surface area contributed by atoms with Crippen molar-refractivity contribution in [1.82, 2.24) is 0 Å². The summed E-state index contributed by atoms with van der Waals surface area (Å²) >= 11 is 0. The molecule has 0 aliphatic carbocycles. The Balaban J connectivity index is 2.41. The van der Waals surface area contributed by atoms with Gasteiger partial charge in [0, 0.05) is 11.3 Å². The van der Waals surface area contributed by atoms with Gasteiger partial charge in [-0.2, -0.15) is 0 Å². The predicted octanol–water partition coefficient (Wildman–Crippen LogP) is 4.71. The lowest BCUT2D eigenvalue weighted by Crippen LogP contribution is -1.79. The van der Waals surface area contributed by atoms with Crippen LogP contribution in [0.3, 0.4) is 0 Å². The number of benzene rings is 2. The summed E-state index contributed by atoms with van der Waals surface area (Å²) in [5.41, 5.74) is 0.988. The second-order valence-electron chi connectivity index (χ2n) is 4.50. The van der Waals surface area contributed by atoms with E-state index in [9.17, 15) is 0 Å². The minimum Gasteiger partial charge on any atom is -0.461 e. The smallest absolute Gasteiger partial charge is 0.134 e. The topological polar surface area (TPSA) is 13.1 Å². The fourth-order valence-corrected chi connectivity index (χ4v) is 2.10. The zero-order valence-corrected chi connectivity index (χ0v) is 9.53. The lowest BCUT2D eigenvalue weighted by Gasteiger charge is -1.96. The molecule has 0 aliphatic heterocycles. The van der Waals surface area contributed by atoms with Crippen LogP contribution < -0.4 is 0 Å². The SMILES string of the molecule is CC(C)c1cc2c(ccc3ccccc32)o1. The van der Waals surface area contributed by atoms with E-state index in [1.54, 1.807) is 0 Å². The summed E-state index contributed by atoms with van der Waals surface area (Å²) in [4.78, 5) is 0. The standard InChI is InChI=1S/C15H14O/c1-10(2)15-9-13-12-6-4-3-5-11(12)7-8-14(13)16-15/h3-10H,1-2H3. The summed E-state index contributed by atoms with van der Waals surface area (Å²) in [6.45, 7) is 4.31. The summed E-state index contributed by atoms with van der Waals surface area (Å²) in [6, 6.07) is 14.8. The Morgan fingerprint density at radius 2 is 1.75 bits per heavy atom. The van der Waals surface area contributed by atoms with E-state index < -0.39 is 0 Å². The zero-order valence-electron chi connectivity index (χ0n) is 9.53. The fourth-order valence-electron chi connectivity index (χ4n) is 2.10. The molecule has 1 nitrogen and oxygen atoms in total. The molecule has 0 amide bonds. The molecule has 0 aliphatic rings. The minimum atomic E-state index is 0.436. The first kappa shape index (κ1) is 9.46. The van der Waals surface area contributed by atoms with Gasteiger partial charge in [0.15, 0.2) is 0 Å². The summed E-state index contributed by atoms with van der Waals surface area (Å²) in [5, 5.41) is 3.77. The number of hydrogen-bond donors (Lipinski definition) is 0. The van der Waals surface area contributed by atoms with Crippen LogP contribution in [-0.2, 0) is 0 Å². The van der Waals surface area contributed by atoms with E-state index >= 15 is 0 Å². The molecule has 0 N–H and O–H groups in total. The zero-order chi connectivity index (χ0) is 11.1. The molecular weight excluding hydrogens is 196 g/mol. The molecular formula is C15H14O. The van der Waals surface area contributed by atoms with Crippen LogP contribution >= 0.6 is 0 Å². The highest BCUT2D eigenvalue weighted by Crippen LogP contribution is 2.30. The van der Waals surface area contributed by atoms with Gasteiger partial charge >= 0.3 is 0 Å². The Morgan fingerprint density at radius 1 is 0.938 bits per heavy atom. The molecule has 1 heteroatoms. The van der Waals surface area contributed by atoms with Crippen LogP contribution in [0.25, 0.3) is 21.7 Å². The normalized spacial score (nSPS) is 11.7. The van der Waals surface area contributed by atoms with Crippen molar-refractivity contribution in [2.45, 2.75) is 19.8 Å². The van der Waals surface area contributed by atoms with Crippen molar-refractivity contribution < 1.29 is 4.42 Å². The van der Waals surface area contributed by atoms with Gasteiger partial charge in [-0.3, -0.25) is 0 Å². The molecule has 0 fully saturated rings. The Kier molecular flexibility index (Phi) is 2.00. The van der Waals surface area contributed by atoms with Crippen LogP contribution in [0.15, 0.2) is 46.9 Å². The molecule has 3 aromatic rings. The average Bonchev–Trinajstić information content (AvgIpc) is 2.73. The van der Waals surface area contributed by atoms with Crippen LogP contribution in [0.2, 0.25) is 0 Å². The summed E-state index contributed by atoms with van der Waals surface area (Å²) in [5.74, 6) is 1.50. The second-order valence-corrected chi connectivity index (χ2v) is 4.50. The third kappa shape index (κ3) is 1.32. The van der Waals surface area contributed by atoms with Gasteiger partial charge in [-0.1, -0.05) is 44.2 Å². The van der Waals surface area contributed by atoms with E-state index in [2.05, 4.69) is 56.3 Å². The molecule has 1 aromatic heterocycles. The van der Waals surface area contributed by atoms with Crippen molar-refractivity contribution >= 4 is 21.7 Å². The molecule has 0 saturated heterocycles. The lowest BCUT2D eigenvalue weighted by atomic mass is 10.1. The van der Waals surface area contributed by atoms with Crippen molar-refractivity contribution in [3.63, 3.8) is 0 Å². The van der Waals surface area contributed by atoms with E-state index in [1.807, 2.05) is 0 Å². The highest BCUT2D eigenvalue weighted by atomic mass is 16.3. The molecule has 3 rings (SSSR count). The Morgan fingerprint density at radius 3 is 2.56 bits per heavy atom. The highest BCUT2D eigenvalue weighted by Gasteiger charge is 2.09. The van der Waals surface area contributed by atoms with Crippen LogP contribution in [0.4, 0.5) is 0 Å². The van der Waals surface area contributed by atoms with Crippen LogP contribution in [0, 0.1) is 0 Å². The van der Waals surface area contributed by atoms with Gasteiger partial charge in [-0.15, -0.1) is 0 Å². The van der Waals surface area contributed by atoms with Crippen molar-refractivity contribution in [2.24, 2.45) is 0 Å². The first-order valence-electron chi connectivity index (χ1n) is 5.67. The second kappa shape index (κ2) is 3.38. The third-order valence-electron chi connectivity index (χ3n) is 3.01. The molecule has 0 spiro atoms. The molecule has 80 valence electrons. The van der Waals surface area contributed by atoms with E-state index in [0.717, 1.165) is 11.3 Å². The van der Waals surface area contributed by atoms with Crippen LogP contribution in [0.1, 0.15) is 25.5 Å². The minimum absolute atomic E-state index is 0.436. The quantitative estimate of drug-likeness (QED) is 0.567. The van der Waals surface area contributed by atoms with Crippen molar-refractivity contribution in [2.75, 3.05) is 0 Å². The highest BCUT2D eigenvalue weighted by molar-refractivity contribution is 6.05. The molecule has 1 heterocycles. The summed E-state index contributed by atoms with van der Waals surface area (Å²) < 4.78 is 5.84. The van der Waals surface area contributed by atoms with E-state index in [0.29, 0.717) is 5.92 Å². The average molecular weight is 210 g/mol. The Labute approximate surface area is 94.7 Å². The van der Waals surface area contributed by atoms with Crippen molar-refractivity contribution in [3.05, 3.63) is 48.2 Å². The molecule has 0 saturated carbocycles. The van der Waals surface area contributed by atoms with Gasteiger partial charge in [0.25, 0.3) is 0 Å². The van der Waals surface area contributed by atoms with E-state index in [-0.39, 0.29) is 0 Å². The number of rotatable bonds is 1. The van der Waals surface area contributed by atoms with E-state index in [1.165, 1.54) is 16.2 Å². The molecule has 0 atom stereocenters. The monoisotopic (exact) mass is 210 g/mol. The van der Waals surface area contributed by atoms with Crippen molar-refractivity contribution in [1.29, 1.82) is 0 Å². The first-order valence-corrected chi connectivity index (χ1v) is 5.67. The molecule has 2 aromatic carbocycles. The summed E-state index contributed by atoms with van der Waals surface area (Å²) in [6.07, 6.45) is 0. The molecule has 0 radical (unpaired) electrons. The lowest BCUT2D eigenvalue weighted by molar-refractivity contribution is 0.522. The maximum Gasteiger partial charge on any atom is 0.134 e. The van der Waals surface area contributed by atoms with Gasteiger partial charge in [-0.05, 0) is 22.9 Å². The van der Waals surface area contributed by atoms with E-state index in [4.69, 9.17) is 4.42 Å². The third-order valence-corrected chi connectivity index (χ3v) is 3.01. The molecule has 0 unspecified atom stereocenters. The van der Waals surface area contributed by atoms with Gasteiger partial charge in [-0.25, -0.2) is 0 Å². The van der Waals surface area contributed by atoms with Crippen LogP contribution in [0.5, 0.6) is 0 Å². The number of fused-ring (bicyclic) bond motifs is 3. The van der Waals surface area contributed by atoms with Gasteiger partial charge in [0.05, 0.1) is 0 Å². The largest absolute Gasteiger partial charge is 0.461 e. The van der Waals surface area contributed by atoms with Crippen molar-refractivity contribution in [3.8, 4) is 0 Å². The number of hydrogen-bond acceptors (Lipinski definition) is 1. The van der Waals surface area contributed by atoms with Gasteiger partial charge in [0.2, 0.25) is 0 Å². The molecule has 16 heavy (non-hydrogen) atoms. The van der Waals surface area contributed by atoms with Crippen LogP contribution in [-0.4, -0.2) is 0 Å². The maximum absolute atomic E-state index is 5.84. The fraction of sp³-hybridized carbons (Fsp3) is 0.200.